The zero-order valence-electron chi connectivity index (χ0n) is 18.9. The van der Waals surface area contributed by atoms with E-state index in [-0.39, 0.29) is 30.8 Å². The molecule has 1 aliphatic heterocycles. The van der Waals surface area contributed by atoms with Crippen molar-refractivity contribution in [1.29, 1.82) is 0 Å². The van der Waals surface area contributed by atoms with Crippen molar-refractivity contribution in [2.45, 2.75) is 26.1 Å². The van der Waals surface area contributed by atoms with E-state index in [0.29, 0.717) is 22.0 Å². The average molecular weight is 483 g/mol. The molecule has 1 N–H and O–H groups in total. The molecule has 4 rings (SSSR count). The summed E-state index contributed by atoms with van der Waals surface area (Å²) < 4.78 is 20.1. The minimum Gasteiger partial charge on any atom is -0.519 e. The maximum absolute atomic E-state index is 14.7. The van der Waals surface area contributed by atoms with E-state index in [0.717, 1.165) is 9.80 Å². The summed E-state index contributed by atoms with van der Waals surface area (Å²) in [7, 11) is -2.16. The van der Waals surface area contributed by atoms with Crippen molar-refractivity contribution in [3.8, 4) is 0 Å². The van der Waals surface area contributed by atoms with Gasteiger partial charge < -0.3 is 9.33 Å². The molecule has 0 radical (unpaired) electrons. The third-order valence-electron chi connectivity index (χ3n) is 5.18. The van der Waals surface area contributed by atoms with Gasteiger partial charge in [-0.1, -0.05) is 24.3 Å². The van der Waals surface area contributed by atoms with Crippen molar-refractivity contribution in [3.05, 3.63) is 69.9 Å². The fourth-order valence-corrected chi connectivity index (χ4v) is 4.53. The monoisotopic (exact) mass is 482 g/mol. The molecule has 1 aliphatic rings. The fourth-order valence-electron chi connectivity index (χ4n) is 3.78. The van der Waals surface area contributed by atoms with E-state index in [4.69, 9.17) is 4.43 Å². The number of H-pyrrole nitrogens is 1. The first-order valence-electron chi connectivity index (χ1n) is 10.6. The van der Waals surface area contributed by atoms with E-state index in [1.165, 1.54) is 18.2 Å². The van der Waals surface area contributed by atoms with Crippen LogP contribution in [0.1, 0.15) is 11.3 Å². The molecule has 0 bridgehead atoms. The van der Waals surface area contributed by atoms with Crippen molar-refractivity contribution in [2.75, 3.05) is 18.0 Å². The average Bonchev–Trinajstić information content (AvgIpc) is 3.03. The first-order chi connectivity index (χ1) is 16.0. The summed E-state index contributed by atoms with van der Waals surface area (Å²) in [6.45, 7) is 4.75. The van der Waals surface area contributed by atoms with E-state index in [1.54, 1.807) is 24.3 Å². The van der Waals surface area contributed by atoms with E-state index < -0.39 is 32.0 Å². The smallest absolute Gasteiger partial charge is 0.332 e. The Morgan fingerprint density at radius 2 is 1.82 bits per heavy atom. The van der Waals surface area contributed by atoms with Crippen molar-refractivity contribution in [3.63, 3.8) is 0 Å². The van der Waals surface area contributed by atoms with E-state index in [9.17, 15) is 23.6 Å². The minimum atomic E-state index is -2.16. The minimum absolute atomic E-state index is 0.206. The number of fused-ring (bicyclic) bond motifs is 1. The third-order valence-corrected chi connectivity index (χ3v) is 6.02. The molecule has 3 aromatic rings. The van der Waals surface area contributed by atoms with Gasteiger partial charge in [0.2, 0.25) is 8.32 Å². The number of aromatic amines is 1. The number of nitrogens with one attached hydrogen (secondary N) is 1. The largest absolute Gasteiger partial charge is 0.519 e. The van der Waals surface area contributed by atoms with Crippen LogP contribution in [0.3, 0.4) is 0 Å². The highest BCUT2D eigenvalue weighted by atomic mass is 28.4. The van der Waals surface area contributed by atoms with Gasteiger partial charge in [-0.2, -0.15) is 5.10 Å². The normalized spacial score (nSPS) is 14.2. The molecule has 0 spiro atoms. The maximum Gasteiger partial charge on any atom is 0.332 e. The highest BCUT2D eigenvalue weighted by Crippen LogP contribution is 2.27. The Kier molecular flexibility index (Phi) is 6.05. The lowest BCUT2D eigenvalue weighted by molar-refractivity contribution is -0.135. The number of aromatic nitrogens is 2. The van der Waals surface area contributed by atoms with Gasteiger partial charge in [-0.3, -0.25) is 14.4 Å². The second-order valence-corrected chi connectivity index (χ2v) is 13.4. The van der Waals surface area contributed by atoms with Crippen LogP contribution in [0, 0.1) is 5.82 Å². The molecule has 0 saturated carbocycles. The van der Waals surface area contributed by atoms with Gasteiger partial charge in [0.05, 0.1) is 16.8 Å². The molecule has 0 aliphatic carbocycles. The van der Waals surface area contributed by atoms with Gasteiger partial charge in [0.15, 0.2) is 0 Å². The molecule has 1 fully saturated rings. The summed E-state index contributed by atoms with van der Waals surface area (Å²) in [6.07, 6.45) is 0.229. The summed E-state index contributed by atoms with van der Waals surface area (Å²) in [5.74, 6) is -2.00. The van der Waals surface area contributed by atoms with Crippen LogP contribution >= 0.6 is 0 Å². The second kappa shape index (κ2) is 8.82. The molecule has 3 amide bonds. The molecule has 11 heteroatoms. The molecular weight excluding hydrogens is 459 g/mol. The van der Waals surface area contributed by atoms with Crippen molar-refractivity contribution < 1.29 is 23.2 Å². The molecule has 1 aromatic heterocycles. The fraction of sp³-hybridized carbons (Fsp3) is 0.261. The molecular formula is C23H23FN4O5Si. The van der Waals surface area contributed by atoms with Crippen LogP contribution in [0.2, 0.25) is 19.6 Å². The van der Waals surface area contributed by atoms with Gasteiger partial charge in [-0.05, 0) is 43.4 Å². The van der Waals surface area contributed by atoms with Gasteiger partial charge in [0.1, 0.15) is 18.9 Å². The predicted molar refractivity (Wildman–Crippen MR) is 125 cm³/mol. The molecule has 2 heterocycles. The van der Waals surface area contributed by atoms with Gasteiger partial charge in [-0.25, -0.2) is 19.2 Å². The Balaban J connectivity index is 1.60. The summed E-state index contributed by atoms with van der Waals surface area (Å²) >= 11 is 0. The third kappa shape index (κ3) is 4.74. The summed E-state index contributed by atoms with van der Waals surface area (Å²) in [5.41, 5.74) is 0.614. The number of rotatable bonds is 6. The van der Waals surface area contributed by atoms with Crippen LogP contribution in [0.25, 0.3) is 10.8 Å². The number of nitrogens with zero attached hydrogens (tertiary/aromatic N) is 3. The zero-order chi connectivity index (χ0) is 24.6. The summed E-state index contributed by atoms with van der Waals surface area (Å²) in [6, 6.07) is 10.3. The Morgan fingerprint density at radius 3 is 2.53 bits per heavy atom. The lowest BCUT2D eigenvalue weighted by Crippen LogP contribution is -2.39. The standard InChI is InChI=1S/C23H23FN4O5Si/c1-34(2,3)33-21(30)13-27-12-20(29)28(23(27)32)19-11-14(8-9-17(19)24)10-18-15-6-4-5-7-16(15)22(31)26-25-18/h4-9,11H,10,12-13H2,1-3H3,(H,26,31). The number of benzene rings is 2. The number of urea groups is 1. The van der Waals surface area contributed by atoms with E-state index >= 15 is 0 Å². The first-order valence-corrected chi connectivity index (χ1v) is 14.0. The number of carbonyl (C=O) groups is 3. The molecule has 2 aromatic carbocycles. The lowest BCUT2D eigenvalue weighted by Gasteiger charge is -2.21. The number of carbonyl (C=O) groups excluding carboxylic acids is 3. The number of amides is 3. The maximum atomic E-state index is 14.7. The van der Waals surface area contributed by atoms with Gasteiger partial charge in [-0.15, -0.1) is 0 Å². The number of anilines is 1. The topological polar surface area (TPSA) is 113 Å². The molecule has 0 atom stereocenters. The first kappa shape index (κ1) is 23.3. The Bertz CT molecular complexity index is 1370. The molecule has 1 saturated heterocycles. The summed E-state index contributed by atoms with van der Waals surface area (Å²) in [4.78, 5) is 51.4. The van der Waals surface area contributed by atoms with E-state index in [1.807, 2.05) is 19.6 Å². The number of halogens is 1. The highest BCUT2D eigenvalue weighted by molar-refractivity contribution is 6.71. The van der Waals surface area contributed by atoms with Gasteiger partial charge in [0, 0.05) is 11.8 Å². The second-order valence-electron chi connectivity index (χ2n) is 8.96. The Morgan fingerprint density at radius 1 is 1.12 bits per heavy atom. The van der Waals surface area contributed by atoms with Crippen LogP contribution in [0.5, 0.6) is 0 Å². The Labute approximate surface area is 195 Å². The van der Waals surface area contributed by atoms with Gasteiger partial charge in [0.25, 0.3) is 11.5 Å². The molecule has 34 heavy (non-hydrogen) atoms. The lowest BCUT2D eigenvalue weighted by atomic mass is 10.0. The SMILES string of the molecule is C[Si](C)(C)OC(=O)CN1CC(=O)N(c2cc(Cc3n[nH]c(=O)c4ccccc34)ccc2F)C1=O. The zero-order valence-corrected chi connectivity index (χ0v) is 19.9. The van der Waals surface area contributed by atoms with E-state index in [2.05, 4.69) is 10.2 Å². The number of imide groups is 1. The van der Waals surface area contributed by atoms with Crippen molar-refractivity contribution in [2.24, 2.45) is 0 Å². The van der Waals surface area contributed by atoms with Crippen molar-refractivity contribution >= 4 is 42.7 Å². The quantitative estimate of drug-likeness (QED) is 0.427. The number of hydrogen-bond acceptors (Lipinski definition) is 6. The van der Waals surface area contributed by atoms with Crippen LogP contribution in [-0.4, -0.2) is 54.4 Å². The van der Waals surface area contributed by atoms with Crippen LogP contribution in [-0.2, 0) is 20.4 Å². The summed E-state index contributed by atoms with van der Waals surface area (Å²) in [5, 5.41) is 7.70. The van der Waals surface area contributed by atoms with Crippen molar-refractivity contribution in [1.82, 2.24) is 15.1 Å². The molecule has 0 unspecified atom stereocenters. The highest BCUT2D eigenvalue weighted by Gasteiger charge is 2.40. The molecule has 176 valence electrons. The Hall–Kier alpha value is -3.86. The van der Waals surface area contributed by atoms with Crippen LogP contribution in [0.4, 0.5) is 14.9 Å². The predicted octanol–water partition coefficient (Wildman–Crippen LogP) is 2.80. The van der Waals surface area contributed by atoms with Gasteiger partial charge >= 0.3 is 12.0 Å². The van der Waals surface area contributed by atoms with Crippen LogP contribution < -0.4 is 10.5 Å². The molecule has 9 nitrogen and oxygen atoms in total. The van der Waals surface area contributed by atoms with Crippen LogP contribution in [0.15, 0.2) is 47.3 Å². The number of hydrogen-bond donors (Lipinski definition) is 1.